The van der Waals surface area contributed by atoms with Crippen LogP contribution in [0, 0.1) is 0 Å². The Hall–Kier alpha value is -1.95. The number of carbonyl (C=O) groups excluding carboxylic acids is 1. The van der Waals surface area contributed by atoms with E-state index in [-0.39, 0.29) is 16.3 Å². The lowest BCUT2D eigenvalue weighted by Crippen LogP contribution is -2.13. The number of hydrogen-bond donors (Lipinski definition) is 0. The number of para-hydroxylation sites is 1. The summed E-state index contributed by atoms with van der Waals surface area (Å²) in [4.78, 5) is 10.9. The van der Waals surface area contributed by atoms with Crippen LogP contribution in [0.25, 0.3) is 5.69 Å². The van der Waals surface area contributed by atoms with E-state index in [9.17, 15) is 13.2 Å². The van der Waals surface area contributed by atoms with Crippen molar-refractivity contribution in [2.75, 3.05) is 5.75 Å². The third-order valence-corrected chi connectivity index (χ3v) is 4.31. The predicted octanol–water partition coefficient (Wildman–Crippen LogP) is 1.48. The van der Waals surface area contributed by atoms with Gasteiger partial charge >= 0.3 is 0 Å². The van der Waals surface area contributed by atoms with E-state index in [2.05, 4.69) is 5.10 Å². The van der Waals surface area contributed by atoms with Crippen molar-refractivity contribution < 1.29 is 13.2 Å². The number of hydrogen-bond acceptors (Lipinski definition) is 4. The number of rotatable bonds is 4. The standard InChI is InChI=1S/C12H12N2O3S/c1-2-18(16,17)12-10(9-15)8-13-14(12)11-6-4-3-5-7-11/h3-9H,2H2,1H3. The predicted molar refractivity (Wildman–Crippen MR) is 66.7 cm³/mol. The smallest absolute Gasteiger partial charge is 0.196 e. The molecule has 2 aromatic rings. The highest BCUT2D eigenvalue weighted by molar-refractivity contribution is 7.91. The first kappa shape index (κ1) is 12.5. The summed E-state index contributed by atoms with van der Waals surface area (Å²) in [5.74, 6) is -0.0770. The van der Waals surface area contributed by atoms with Crippen molar-refractivity contribution in [1.29, 1.82) is 0 Å². The van der Waals surface area contributed by atoms with Crippen LogP contribution >= 0.6 is 0 Å². The SMILES string of the molecule is CCS(=O)(=O)c1c(C=O)cnn1-c1ccccc1. The topological polar surface area (TPSA) is 69.0 Å². The van der Waals surface area contributed by atoms with Crippen molar-refractivity contribution >= 4 is 16.1 Å². The Bertz CT molecular complexity index is 660. The van der Waals surface area contributed by atoms with Gasteiger partial charge in [-0.3, -0.25) is 4.79 Å². The molecule has 0 saturated carbocycles. The van der Waals surface area contributed by atoms with Gasteiger partial charge in [-0.1, -0.05) is 25.1 Å². The summed E-state index contributed by atoms with van der Waals surface area (Å²) in [5.41, 5.74) is 0.693. The molecule has 5 nitrogen and oxygen atoms in total. The first-order valence-electron chi connectivity index (χ1n) is 5.41. The molecule has 0 bridgehead atoms. The highest BCUT2D eigenvalue weighted by Crippen LogP contribution is 2.19. The zero-order valence-electron chi connectivity index (χ0n) is 9.78. The molecule has 2 rings (SSSR count). The summed E-state index contributed by atoms with van der Waals surface area (Å²) in [6.45, 7) is 1.53. The third kappa shape index (κ3) is 2.06. The molecule has 1 aromatic heterocycles. The van der Waals surface area contributed by atoms with Gasteiger partial charge in [0.25, 0.3) is 0 Å². The lowest BCUT2D eigenvalue weighted by Gasteiger charge is -2.07. The van der Waals surface area contributed by atoms with E-state index in [4.69, 9.17) is 0 Å². The number of aldehydes is 1. The summed E-state index contributed by atoms with van der Waals surface area (Å²) >= 11 is 0. The highest BCUT2D eigenvalue weighted by Gasteiger charge is 2.23. The van der Waals surface area contributed by atoms with Gasteiger partial charge in [-0.25, -0.2) is 13.1 Å². The fourth-order valence-electron chi connectivity index (χ4n) is 1.63. The number of sulfone groups is 1. The summed E-state index contributed by atoms with van der Waals surface area (Å²) in [6.07, 6.45) is 1.78. The number of carbonyl (C=O) groups is 1. The molecule has 0 radical (unpaired) electrons. The van der Waals surface area contributed by atoms with Crippen molar-refractivity contribution in [3.63, 3.8) is 0 Å². The fourth-order valence-corrected chi connectivity index (χ4v) is 2.78. The number of aromatic nitrogens is 2. The molecule has 1 heterocycles. The van der Waals surface area contributed by atoms with Gasteiger partial charge in [0, 0.05) is 0 Å². The fraction of sp³-hybridized carbons (Fsp3) is 0.167. The van der Waals surface area contributed by atoms with Crippen molar-refractivity contribution in [3.8, 4) is 5.69 Å². The van der Waals surface area contributed by atoms with E-state index in [0.717, 1.165) is 0 Å². The van der Waals surface area contributed by atoms with E-state index in [1.165, 1.54) is 17.8 Å². The largest absolute Gasteiger partial charge is 0.298 e. The minimum Gasteiger partial charge on any atom is -0.298 e. The molecule has 1 aromatic carbocycles. The number of nitrogens with zero attached hydrogens (tertiary/aromatic N) is 2. The Balaban J connectivity index is 2.71. The van der Waals surface area contributed by atoms with E-state index in [1.54, 1.807) is 24.3 Å². The van der Waals surface area contributed by atoms with Crippen LogP contribution in [0.5, 0.6) is 0 Å². The average molecular weight is 264 g/mol. The Morgan fingerprint density at radius 2 is 1.94 bits per heavy atom. The quantitative estimate of drug-likeness (QED) is 0.784. The van der Waals surface area contributed by atoms with Gasteiger partial charge in [-0.2, -0.15) is 5.10 Å². The molecule has 0 N–H and O–H groups in total. The molecule has 94 valence electrons. The summed E-state index contributed by atoms with van der Waals surface area (Å²) in [7, 11) is -3.51. The van der Waals surface area contributed by atoms with Gasteiger partial charge in [0.15, 0.2) is 21.1 Å². The van der Waals surface area contributed by atoms with Crippen LogP contribution in [0.2, 0.25) is 0 Å². The van der Waals surface area contributed by atoms with Crippen LogP contribution in [-0.2, 0) is 9.84 Å². The maximum atomic E-state index is 12.0. The second-order valence-corrected chi connectivity index (χ2v) is 5.87. The van der Waals surface area contributed by atoms with E-state index in [0.29, 0.717) is 12.0 Å². The molecule has 0 unspecified atom stereocenters. The molecule has 0 fully saturated rings. The van der Waals surface area contributed by atoms with Gasteiger partial charge in [0.1, 0.15) is 0 Å². The second kappa shape index (κ2) is 4.73. The van der Waals surface area contributed by atoms with Crippen LogP contribution in [0.1, 0.15) is 17.3 Å². The Labute approximate surface area is 105 Å². The zero-order chi connectivity index (χ0) is 13.2. The summed E-state index contributed by atoms with van der Waals surface area (Å²) in [6, 6.07) is 8.84. The summed E-state index contributed by atoms with van der Waals surface area (Å²) < 4.78 is 25.3. The maximum absolute atomic E-state index is 12.0. The van der Waals surface area contributed by atoms with Gasteiger partial charge in [-0.15, -0.1) is 0 Å². The molecule has 0 aliphatic heterocycles. The Kier molecular flexibility index (Phi) is 3.29. The van der Waals surface area contributed by atoms with Crippen LogP contribution < -0.4 is 0 Å². The van der Waals surface area contributed by atoms with Crippen molar-refractivity contribution in [1.82, 2.24) is 9.78 Å². The molecular weight excluding hydrogens is 252 g/mol. The minimum absolute atomic E-state index is 0.0498. The van der Waals surface area contributed by atoms with E-state index >= 15 is 0 Å². The zero-order valence-corrected chi connectivity index (χ0v) is 10.6. The Morgan fingerprint density at radius 1 is 1.28 bits per heavy atom. The van der Waals surface area contributed by atoms with Crippen molar-refractivity contribution in [3.05, 3.63) is 42.1 Å². The number of benzene rings is 1. The molecule has 0 atom stereocenters. The minimum atomic E-state index is -3.51. The molecule has 0 amide bonds. The lowest BCUT2D eigenvalue weighted by atomic mass is 10.3. The Morgan fingerprint density at radius 3 is 2.50 bits per heavy atom. The molecule has 0 spiro atoms. The molecule has 6 heteroatoms. The molecule has 18 heavy (non-hydrogen) atoms. The average Bonchev–Trinajstić information content (AvgIpc) is 2.84. The van der Waals surface area contributed by atoms with Crippen molar-refractivity contribution in [2.24, 2.45) is 0 Å². The van der Waals surface area contributed by atoms with E-state index < -0.39 is 9.84 Å². The van der Waals surface area contributed by atoms with Gasteiger partial charge in [0.05, 0.1) is 23.2 Å². The molecule has 0 saturated heterocycles. The maximum Gasteiger partial charge on any atom is 0.196 e. The molecule has 0 aliphatic carbocycles. The van der Waals surface area contributed by atoms with Crippen LogP contribution in [0.4, 0.5) is 0 Å². The van der Waals surface area contributed by atoms with Gasteiger partial charge < -0.3 is 0 Å². The van der Waals surface area contributed by atoms with Crippen LogP contribution in [-0.4, -0.2) is 30.2 Å². The summed E-state index contributed by atoms with van der Waals surface area (Å²) in [5, 5.41) is 3.93. The third-order valence-electron chi connectivity index (χ3n) is 2.55. The van der Waals surface area contributed by atoms with Crippen LogP contribution in [0.3, 0.4) is 0 Å². The first-order valence-corrected chi connectivity index (χ1v) is 7.06. The second-order valence-electron chi connectivity index (χ2n) is 3.67. The van der Waals surface area contributed by atoms with Gasteiger partial charge in [0.2, 0.25) is 0 Å². The van der Waals surface area contributed by atoms with E-state index in [1.807, 2.05) is 6.07 Å². The lowest BCUT2D eigenvalue weighted by molar-refractivity contribution is 0.112. The first-order chi connectivity index (χ1) is 8.60. The molecule has 0 aliphatic rings. The van der Waals surface area contributed by atoms with Crippen molar-refractivity contribution in [2.45, 2.75) is 11.9 Å². The molecular formula is C12H12N2O3S. The normalized spacial score (nSPS) is 11.4. The van der Waals surface area contributed by atoms with Gasteiger partial charge in [-0.05, 0) is 12.1 Å². The van der Waals surface area contributed by atoms with Crippen LogP contribution in [0.15, 0.2) is 41.6 Å². The monoisotopic (exact) mass is 264 g/mol. The highest BCUT2D eigenvalue weighted by atomic mass is 32.2.